The van der Waals surface area contributed by atoms with E-state index in [9.17, 15) is 0 Å². The number of aromatic nitrogens is 2. The maximum absolute atomic E-state index is 5.50. The molecular weight excluding hydrogens is 138 g/mol. The van der Waals surface area contributed by atoms with Crippen molar-refractivity contribution in [3.05, 3.63) is 11.0 Å². The highest BCUT2D eigenvalue weighted by molar-refractivity contribution is 6.28. The van der Waals surface area contributed by atoms with E-state index in [0.717, 1.165) is 12.1 Å². The standard InChI is InChI=1S/C5H8ClN3/c1-2-3-4(7)9-5(6)8-3/h2,7H2,1H3,(H,8,9). The van der Waals surface area contributed by atoms with Crippen molar-refractivity contribution in [1.29, 1.82) is 0 Å². The number of H-pyrrole nitrogens is 1. The first-order chi connectivity index (χ1) is 4.24. The molecular formula is C5H8ClN3. The van der Waals surface area contributed by atoms with Crippen molar-refractivity contribution >= 4 is 17.4 Å². The first-order valence-electron chi connectivity index (χ1n) is 2.74. The Morgan fingerprint density at radius 1 is 1.78 bits per heavy atom. The molecule has 0 aromatic carbocycles. The van der Waals surface area contributed by atoms with Crippen molar-refractivity contribution in [2.75, 3.05) is 5.73 Å². The van der Waals surface area contributed by atoms with E-state index in [0.29, 0.717) is 11.1 Å². The Balaban J connectivity index is 3.01. The number of nitrogens with two attached hydrogens (primary N) is 1. The van der Waals surface area contributed by atoms with Gasteiger partial charge in [-0.3, -0.25) is 0 Å². The fourth-order valence-electron chi connectivity index (χ4n) is 0.659. The van der Waals surface area contributed by atoms with Gasteiger partial charge in [-0.05, 0) is 18.0 Å². The smallest absolute Gasteiger partial charge is 0.202 e. The number of nitrogens with zero attached hydrogens (tertiary/aromatic N) is 1. The maximum atomic E-state index is 5.50. The normalized spacial score (nSPS) is 10.0. The quantitative estimate of drug-likeness (QED) is 0.624. The van der Waals surface area contributed by atoms with Crippen molar-refractivity contribution in [2.45, 2.75) is 13.3 Å². The van der Waals surface area contributed by atoms with E-state index in [2.05, 4.69) is 9.97 Å². The van der Waals surface area contributed by atoms with Crippen LogP contribution in [0.3, 0.4) is 0 Å². The number of aryl methyl sites for hydroxylation is 1. The van der Waals surface area contributed by atoms with Gasteiger partial charge in [-0.25, -0.2) is 4.98 Å². The van der Waals surface area contributed by atoms with E-state index in [-0.39, 0.29) is 0 Å². The fourth-order valence-corrected chi connectivity index (χ4v) is 0.864. The van der Waals surface area contributed by atoms with Gasteiger partial charge in [-0.1, -0.05) is 6.92 Å². The molecule has 0 aliphatic carbocycles. The summed E-state index contributed by atoms with van der Waals surface area (Å²) in [6.45, 7) is 1.99. The fraction of sp³-hybridized carbons (Fsp3) is 0.400. The van der Waals surface area contributed by atoms with Gasteiger partial charge in [0.25, 0.3) is 0 Å². The van der Waals surface area contributed by atoms with E-state index in [1.54, 1.807) is 0 Å². The number of hydrogen-bond donors (Lipinski definition) is 2. The Morgan fingerprint density at radius 2 is 2.44 bits per heavy atom. The summed E-state index contributed by atoms with van der Waals surface area (Å²) in [7, 11) is 0. The predicted molar refractivity (Wildman–Crippen MR) is 37.4 cm³/mol. The highest BCUT2D eigenvalue weighted by atomic mass is 35.5. The van der Waals surface area contributed by atoms with Gasteiger partial charge in [0.1, 0.15) is 5.82 Å². The number of nitrogen functional groups attached to an aromatic ring is 1. The largest absolute Gasteiger partial charge is 0.382 e. The molecule has 0 saturated heterocycles. The summed E-state index contributed by atoms with van der Waals surface area (Å²) in [5, 5.41) is 0.365. The minimum atomic E-state index is 0.365. The molecule has 1 rings (SSSR count). The third-order valence-electron chi connectivity index (χ3n) is 1.14. The summed E-state index contributed by atoms with van der Waals surface area (Å²) in [6.07, 6.45) is 0.839. The molecule has 50 valence electrons. The Kier molecular flexibility index (Phi) is 1.62. The van der Waals surface area contributed by atoms with Crippen molar-refractivity contribution < 1.29 is 0 Å². The van der Waals surface area contributed by atoms with Crippen molar-refractivity contribution in [3.8, 4) is 0 Å². The molecule has 9 heavy (non-hydrogen) atoms. The van der Waals surface area contributed by atoms with Crippen LogP contribution >= 0.6 is 11.6 Å². The van der Waals surface area contributed by atoms with Gasteiger partial charge in [-0.15, -0.1) is 0 Å². The van der Waals surface area contributed by atoms with Crippen LogP contribution in [0, 0.1) is 0 Å². The molecule has 3 nitrogen and oxygen atoms in total. The molecule has 3 N–H and O–H groups in total. The van der Waals surface area contributed by atoms with Crippen molar-refractivity contribution in [3.63, 3.8) is 0 Å². The molecule has 0 radical (unpaired) electrons. The second-order valence-electron chi connectivity index (χ2n) is 1.74. The molecule has 0 atom stereocenters. The number of halogens is 1. The molecule has 4 heteroatoms. The van der Waals surface area contributed by atoms with Crippen LogP contribution < -0.4 is 5.73 Å². The van der Waals surface area contributed by atoms with E-state index >= 15 is 0 Å². The molecule has 0 aliphatic rings. The van der Waals surface area contributed by atoms with E-state index in [1.165, 1.54) is 0 Å². The second kappa shape index (κ2) is 2.27. The predicted octanol–water partition coefficient (Wildman–Crippen LogP) is 1.21. The summed E-state index contributed by atoms with van der Waals surface area (Å²) in [4.78, 5) is 6.59. The Hall–Kier alpha value is -0.700. The number of anilines is 1. The van der Waals surface area contributed by atoms with Crippen LogP contribution in [-0.2, 0) is 6.42 Å². The van der Waals surface area contributed by atoms with Crippen molar-refractivity contribution in [1.82, 2.24) is 9.97 Å². The van der Waals surface area contributed by atoms with Crippen LogP contribution in [0.2, 0.25) is 5.28 Å². The molecule has 0 amide bonds. The van der Waals surface area contributed by atoms with Crippen LogP contribution in [0.4, 0.5) is 5.82 Å². The Morgan fingerprint density at radius 3 is 2.67 bits per heavy atom. The van der Waals surface area contributed by atoms with Gasteiger partial charge in [0.2, 0.25) is 5.28 Å². The monoisotopic (exact) mass is 145 g/mol. The molecule has 0 unspecified atom stereocenters. The van der Waals surface area contributed by atoms with E-state index in [4.69, 9.17) is 17.3 Å². The minimum absolute atomic E-state index is 0.365. The zero-order valence-corrected chi connectivity index (χ0v) is 5.87. The van der Waals surface area contributed by atoms with Crippen LogP contribution in [0.15, 0.2) is 0 Å². The van der Waals surface area contributed by atoms with Gasteiger partial charge < -0.3 is 10.7 Å². The topological polar surface area (TPSA) is 54.7 Å². The zero-order chi connectivity index (χ0) is 6.85. The number of aromatic amines is 1. The highest BCUT2D eigenvalue weighted by Gasteiger charge is 2.00. The number of nitrogens with one attached hydrogen (secondary N) is 1. The van der Waals surface area contributed by atoms with Crippen LogP contribution in [0.25, 0.3) is 0 Å². The lowest BCUT2D eigenvalue weighted by molar-refractivity contribution is 1.07. The van der Waals surface area contributed by atoms with Gasteiger partial charge in [-0.2, -0.15) is 0 Å². The Labute approximate surface area is 58.2 Å². The van der Waals surface area contributed by atoms with Gasteiger partial charge in [0, 0.05) is 0 Å². The maximum Gasteiger partial charge on any atom is 0.202 e. The van der Waals surface area contributed by atoms with Crippen molar-refractivity contribution in [2.24, 2.45) is 0 Å². The number of hydrogen-bond acceptors (Lipinski definition) is 2. The molecule has 1 aromatic rings. The van der Waals surface area contributed by atoms with Crippen LogP contribution in [-0.4, -0.2) is 9.97 Å². The molecule has 1 aromatic heterocycles. The molecule has 0 fully saturated rings. The Bertz CT molecular complexity index is 206. The first kappa shape index (κ1) is 6.42. The summed E-state index contributed by atoms with van der Waals surface area (Å²) in [6, 6.07) is 0. The third-order valence-corrected chi connectivity index (χ3v) is 1.31. The molecule has 0 aliphatic heterocycles. The zero-order valence-electron chi connectivity index (χ0n) is 5.11. The number of rotatable bonds is 1. The number of imidazole rings is 1. The molecule has 0 bridgehead atoms. The molecule has 1 heterocycles. The minimum Gasteiger partial charge on any atom is -0.382 e. The SMILES string of the molecule is CCc1[nH]c(Cl)nc1N. The molecule has 0 saturated carbocycles. The van der Waals surface area contributed by atoms with Gasteiger partial charge in [0.15, 0.2) is 0 Å². The van der Waals surface area contributed by atoms with Crippen LogP contribution in [0.1, 0.15) is 12.6 Å². The average Bonchev–Trinajstić information content (AvgIpc) is 2.10. The average molecular weight is 146 g/mol. The lowest BCUT2D eigenvalue weighted by atomic mass is 10.3. The van der Waals surface area contributed by atoms with E-state index in [1.807, 2.05) is 6.92 Å². The van der Waals surface area contributed by atoms with Crippen LogP contribution in [0.5, 0.6) is 0 Å². The summed E-state index contributed by atoms with van der Waals surface area (Å²) < 4.78 is 0. The first-order valence-corrected chi connectivity index (χ1v) is 3.11. The summed E-state index contributed by atoms with van der Waals surface area (Å²) in [5.74, 6) is 0.502. The molecule has 0 spiro atoms. The lowest BCUT2D eigenvalue weighted by Crippen LogP contribution is -1.89. The third kappa shape index (κ3) is 1.16. The van der Waals surface area contributed by atoms with Gasteiger partial charge >= 0.3 is 0 Å². The highest BCUT2D eigenvalue weighted by Crippen LogP contribution is 2.11. The second-order valence-corrected chi connectivity index (χ2v) is 2.10. The summed E-state index contributed by atoms with van der Waals surface area (Å²) in [5.41, 5.74) is 6.33. The van der Waals surface area contributed by atoms with E-state index < -0.39 is 0 Å². The van der Waals surface area contributed by atoms with Gasteiger partial charge in [0.05, 0.1) is 5.69 Å². The lowest BCUT2D eigenvalue weighted by Gasteiger charge is -1.87. The summed E-state index contributed by atoms with van der Waals surface area (Å²) >= 11 is 5.50.